The van der Waals surface area contributed by atoms with E-state index in [2.05, 4.69) is 33.6 Å². The Balaban J connectivity index is 1.52. The lowest BCUT2D eigenvalue weighted by molar-refractivity contribution is 0.185. The van der Waals surface area contributed by atoms with Crippen LogP contribution >= 0.6 is 0 Å². The van der Waals surface area contributed by atoms with Gasteiger partial charge in [0.2, 0.25) is 5.95 Å². The number of rotatable bonds is 6. The molecule has 3 heterocycles. The number of hydrogen-bond acceptors (Lipinski definition) is 5. The molecule has 0 bridgehead atoms. The predicted molar refractivity (Wildman–Crippen MR) is 102 cm³/mol. The van der Waals surface area contributed by atoms with Crippen LogP contribution in [0.25, 0.3) is 0 Å². The van der Waals surface area contributed by atoms with Crippen LogP contribution in [0.3, 0.4) is 0 Å². The van der Waals surface area contributed by atoms with E-state index in [1.807, 2.05) is 6.20 Å². The van der Waals surface area contributed by atoms with Crippen molar-refractivity contribution in [1.29, 1.82) is 0 Å². The minimum Gasteiger partial charge on any atom is -0.383 e. The summed E-state index contributed by atoms with van der Waals surface area (Å²) in [5.41, 5.74) is 2.32. The number of anilines is 1. The second-order valence-electron chi connectivity index (χ2n) is 7.62. The van der Waals surface area contributed by atoms with E-state index in [1.165, 1.54) is 37.2 Å². The van der Waals surface area contributed by atoms with Gasteiger partial charge in [-0.25, -0.2) is 15.0 Å². The minimum absolute atomic E-state index is 0.423. The van der Waals surface area contributed by atoms with Crippen molar-refractivity contribution in [3.8, 4) is 0 Å². The zero-order chi connectivity index (χ0) is 17.9. The van der Waals surface area contributed by atoms with Gasteiger partial charge in [-0.15, -0.1) is 0 Å². The fourth-order valence-electron chi connectivity index (χ4n) is 4.06. The Morgan fingerprint density at radius 1 is 1.15 bits per heavy atom. The first-order chi connectivity index (χ1) is 12.7. The van der Waals surface area contributed by atoms with E-state index in [4.69, 9.17) is 14.7 Å². The highest BCUT2D eigenvalue weighted by atomic mass is 16.5. The summed E-state index contributed by atoms with van der Waals surface area (Å²) in [6.07, 6.45) is 10.2. The largest absolute Gasteiger partial charge is 0.383 e. The maximum Gasteiger partial charge on any atom is 0.225 e. The zero-order valence-corrected chi connectivity index (χ0v) is 15.9. The molecule has 6 nitrogen and oxygen atoms in total. The molecule has 0 aromatic carbocycles. The van der Waals surface area contributed by atoms with Crippen molar-refractivity contribution in [2.24, 2.45) is 0 Å². The van der Waals surface area contributed by atoms with Gasteiger partial charge in [0.15, 0.2) is 0 Å². The van der Waals surface area contributed by atoms with Gasteiger partial charge in [0.1, 0.15) is 5.82 Å². The van der Waals surface area contributed by atoms with Crippen LogP contribution in [0.2, 0.25) is 0 Å². The second kappa shape index (κ2) is 7.74. The number of nitrogens with zero attached hydrogens (tertiary/aromatic N) is 5. The molecule has 2 fully saturated rings. The fraction of sp³-hybridized carbons (Fsp3) is 0.650. The van der Waals surface area contributed by atoms with Crippen LogP contribution in [0.15, 0.2) is 18.5 Å². The lowest BCUT2D eigenvalue weighted by Crippen LogP contribution is -2.37. The number of imidazole rings is 1. The highest BCUT2D eigenvalue weighted by Gasteiger charge is 2.28. The van der Waals surface area contributed by atoms with E-state index >= 15 is 0 Å². The Bertz CT molecular complexity index is 740. The van der Waals surface area contributed by atoms with Gasteiger partial charge in [-0.1, -0.05) is 6.42 Å². The molecule has 2 aliphatic rings. The Morgan fingerprint density at radius 3 is 2.77 bits per heavy atom. The Labute approximate surface area is 155 Å². The maximum atomic E-state index is 5.23. The van der Waals surface area contributed by atoms with Gasteiger partial charge < -0.3 is 14.2 Å². The highest BCUT2D eigenvalue weighted by molar-refractivity contribution is 5.35. The third kappa shape index (κ3) is 3.61. The van der Waals surface area contributed by atoms with Crippen molar-refractivity contribution in [3.05, 3.63) is 35.7 Å². The van der Waals surface area contributed by atoms with E-state index in [0.29, 0.717) is 18.4 Å². The molecule has 1 aliphatic carbocycles. The van der Waals surface area contributed by atoms with E-state index in [0.717, 1.165) is 37.7 Å². The summed E-state index contributed by atoms with van der Waals surface area (Å²) in [6.45, 7) is 5.63. The molecule has 0 unspecified atom stereocenters. The molecule has 1 atom stereocenters. The topological polar surface area (TPSA) is 56.1 Å². The van der Waals surface area contributed by atoms with Gasteiger partial charge in [-0.3, -0.25) is 0 Å². The monoisotopic (exact) mass is 355 g/mol. The quantitative estimate of drug-likeness (QED) is 0.796. The summed E-state index contributed by atoms with van der Waals surface area (Å²) in [7, 11) is 1.74. The molecule has 0 radical (unpaired) electrons. The number of aromatic nitrogens is 4. The number of methoxy groups -OCH3 is 1. The Hall–Kier alpha value is -1.95. The van der Waals surface area contributed by atoms with Crippen LogP contribution in [0.4, 0.5) is 5.95 Å². The van der Waals surface area contributed by atoms with E-state index in [-0.39, 0.29) is 0 Å². The molecule has 26 heavy (non-hydrogen) atoms. The number of hydrogen-bond donors (Lipinski definition) is 0. The number of piperidine rings is 1. The van der Waals surface area contributed by atoms with Crippen molar-refractivity contribution in [2.75, 3.05) is 31.7 Å². The fourth-order valence-corrected chi connectivity index (χ4v) is 4.06. The normalized spacial score (nSPS) is 21.0. The van der Waals surface area contributed by atoms with E-state index in [9.17, 15) is 0 Å². The summed E-state index contributed by atoms with van der Waals surface area (Å²) in [4.78, 5) is 16.7. The van der Waals surface area contributed by atoms with Crippen molar-refractivity contribution >= 4 is 5.95 Å². The molecule has 140 valence electrons. The molecule has 1 saturated carbocycles. The zero-order valence-electron chi connectivity index (χ0n) is 15.9. The Kier molecular flexibility index (Phi) is 5.20. The molecule has 0 amide bonds. The maximum absolute atomic E-state index is 5.23. The lowest BCUT2D eigenvalue weighted by atomic mass is 9.82. The molecule has 2 aromatic rings. The van der Waals surface area contributed by atoms with Crippen molar-refractivity contribution in [1.82, 2.24) is 19.5 Å². The van der Waals surface area contributed by atoms with Gasteiger partial charge in [-0.05, 0) is 38.7 Å². The van der Waals surface area contributed by atoms with Crippen LogP contribution in [0.1, 0.15) is 61.2 Å². The molecule has 0 N–H and O–H groups in total. The van der Waals surface area contributed by atoms with Crippen molar-refractivity contribution in [3.63, 3.8) is 0 Å². The number of ether oxygens (including phenoxy) is 1. The minimum atomic E-state index is 0.423. The lowest BCUT2D eigenvalue weighted by Gasteiger charge is -2.33. The van der Waals surface area contributed by atoms with Crippen LogP contribution in [0, 0.1) is 6.92 Å². The first-order valence-electron chi connectivity index (χ1n) is 9.85. The van der Waals surface area contributed by atoms with Crippen LogP contribution in [-0.2, 0) is 11.3 Å². The van der Waals surface area contributed by atoms with E-state index < -0.39 is 0 Å². The average Bonchev–Trinajstić information content (AvgIpc) is 3.06. The molecule has 6 heteroatoms. The summed E-state index contributed by atoms with van der Waals surface area (Å²) >= 11 is 0. The molecule has 0 spiro atoms. The average molecular weight is 355 g/mol. The van der Waals surface area contributed by atoms with Gasteiger partial charge in [0, 0.05) is 62.4 Å². The van der Waals surface area contributed by atoms with Crippen molar-refractivity contribution in [2.45, 2.75) is 57.4 Å². The summed E-state index contributed by atoms with van der Waals surface area (Å²) in [6, 6.07) is 2.17. The summed E-state index contributed by atoms with van der Waals surface area (Å²) < 4.78 is 7.46. The van der Waals surface area contributed by atoms with Gasteiger partial charge in [0.25, 0.3) is 0 Å². The van der Waals surface area contributed by atoms with Crippen LogP contribution in [-0.4, -0.2) is 46.3 Å². The Morgan fingerprint density at radius 2 is 2.00 bits per heavy atom. The van der Waals surface area contributed by atoms with Gasteiger partial charge >= 0.3 is 0 Å². The molecule has 1 saturated heterocycles. The molecule has 2 aromatic heterocycles. The first-order valence-corrected chi connectivity index (χ1v) is 9.85. The molecule has 1 aliphatic heterocycles. The molecular weight excluding hydrogens is 326 g/mol. The third-order valence-electron chi connectivity index (χ3n) is 5.74. The van der Waals surface area contributed by atoms with Gasteiger partial charge in [0.05, 0.1) is 6.61 Å². The first kappa shape index (κ1) is 17.5. The number of aryl methyl sites for hydroxylation is 1. The highest BCUT2D eigenvalue weighted by Crippen LogP contribution is 2.36. The van der Waals surface area contributed by atoms with Gasteiger partial charge in [-0.2, -0.15) is 0 Å². The molecular formula is C20H29N5O. The molecule has 4 rings (SSSR count). The van der Waals surface area contributed by atoms with E-state index in [1.54, 1.807) is 7.11 Å². The van der Waals surface area contributed by atoms with Crippen LogP contribution < -0.4 is 4.90 Å². The SMILES string of the molecule is COCCn1ccnc1[C@@H]1CCCN(c2nc(C)cc(C3CCC3)n2)C1. The predicted octanol–water partition coefficient (Wildman–Crippen LogP) is 3.28. The van der Waals surface area contributed by atoms with Crippen LogP contribution in [0.5, 0.6) is 0 Å². The second-order valence-corrected chi connectivity index (χ2v) is 7.62. The summed E-state index contributed by atoms with van der Waals surface area (Å²) in [5, 5.41) is 0. The summed E-state index contributed by atoms with van der Waals surface area (Å²) in [5.74, 6) is 3.14. The third-order valence-corrected chi connectivity index (χ3v) is 5.74. The standard InChI is InChI=1S/C20H29N5O/c1-15-13-18(16-5-3-6-16)23-20(22-15)25-9-4-7-17(14-25)19-21-8-10-24(19)11-12-26-2/h8,10,13,16-17H,3-7,9,11-12,14H2,1-2H3/t17-/m1/s1. The van der Waals surface area contributed by atoms with Crippen molar-refractivity contribution < 1.29 is 4.74 Å². The smallest absolute Gasteiger partial charge is 0.225 e.